The summed E-state index contributed by atoms with van der Waals surface area (Å²) in [6.07, 6.45) is 9.26. The average molecular weight is 354 g/mol. The largest absolute Gasteiger partial charge is 0.468 e. The molecule has 1 amide bonds. The van der Waals surface area contributed by atoms with Crippen LogP contribution in [-0.4, -0.2) is 45.3 Å². The Kier molecular flexibility index (Phi) is 4.76. The third kappa shape index (κ3) is 3.80. The number of rotatable bonds is 4. The number of furan rings is 1. The topological polar surface area (TPSA) is 62.5 Å². The molecule has 4 heterocycles. The van der Waals surface area contributed by atoms with Gasteiger partial charge in [0.25, 0.3) is 0 Å². The molecule has 6 heteroatoms. The Hall–Kier alpha value is -2.21. The normalized spacial score (nSPS) is 24.3. The summed E-state index contributed by atoms with van der Waals surface area (Å²) in [5, 5.41) is 0. The summed E-state index contributed by atoms with van der Waals surface area (Å²) in [4.78, 5) is 25.7. The van der Waals surface area contributed by atoms with Gasteiger partial charge in [-0.1, -0.05) is 0 Å². The molecule has 4 rings (SSSR count). The molecule has 138 valence electrons. The summed E-state index contributed by atoms with van der Waals surface area (Å²) < 4.78 is 5.52. The minimum absolute atomic E-state index is 0.191. The average Bonchev–Trinajstić information content (AvgIpc) is 3.14. The van der Waals surface area contributed by atoms with Gasteiger partial charge in [-0.3, -0.25) is 19.7 Å². The van der Waals surface area contributed by atoms with Crippen LogP contribution in [-0.2, 0) is 17.9 Å². The van der Waals surface area contributed by atoms with Crippen LogP contribution in [0.2, 0.25) is 0 Å². The van der Waals surface area contributed by atoms with Gasteiger partial charge in [-0.25, -0.2) is 0 Å². The molecule has 1 spiro atoms. The molecule has 2 saturated heterocycles. The molecule has 2 aromatic heterocycles. The fourth-order valence-corrected chi connectivity index (χ4v) is 4.34. The van der Waals surface area contributed by atoms with Crippen LogP contribution >= 0.6 is 0 Å². The maximum Gasteiger partial charge on any atom is 0.222 e. The number of piperidine rings is 2. The summed E-state index contributed by atoms with van der Waals surface area (Å²) >= 11 is 0. The van der Waals surface area contributed by atoms with Crippen LogP contribution in [0.25, 0.3) is 0 Å². The monoisotopic (exact) mass is 354 g/mol. The third-order valence-corrected chi connectivity index (χ3v) is 5.64. The smallest absolute Gasteiger partial charge is 0.222 e. The number of likely N-dealkylation sites (tertiary alicyclic amines) is 2. The van der Waals surface area contributed by atoms with E-state index in [4.69, 9.17) is 4.42 Å². The van der Waals surface area contributed by atoms with E-state index in [-0.39, 0.29) is 11.3 Å². The van der Waals surface area contributed by atoms with Gasteiger partial charge < -0.3 is 9.32 Å². The van der Waals surface area contributed by atoms with Gasteiger partial charge in [0.15, 0.2) is 0 Å². The van der Waals surface area contributed by atoms with Crippen LogP contribution in [0.4, 0.5) is 0 Å². The van der Waals surface area contributed by atoms with E-state index in [9.17, 15) is 4.79 Å². The first kappa shape index (κ1) is 17.2. The van der Waals surface area contributed by atoms with Gasteiger partial charge >= 0.3 is 0 Å². The molecule has 0 N–H and O–H groups in total. The molecular weight excluding hydrogens is 328 g/mol. The highest BCUT2D eigenvalue weighted by Crippen LogP contribution is 2.39. The summed E-state index contributed by atoms with van der Waals surface area (Å²) in [6.45, 7) is 6.28. The van der Waals surface area contributed by atoms with Crippen molar-refractivity contribution in [2.75, 3.05) is 19.6 Å². The van der Waals surface area contributed by atoms with Gasteiger partial charge in [0.05, 0.1) is 36.9 Å². The predicted octanol–water partition coefficient (Wildman–Crippen LogP) is 2.78. The number of amides is 1. The quantitative estimate of drug-likeness (QED) is 0.845. The van der Waals surface area contributed by atoms with Crippen LogP contribution in [0.1, 0.15) is 42.8 Å². The molecule has 0 saturated carbocycles. The van der Waals surface area contributed by atoms with Crippen molar-refractivity contribution in [2.24, 2.45) is 5.41 Å². The molecule has 2 aliphatic heterocycles. The Bertz CT molecular complexity index is 744. The first-order valence-corrected chi connectivity index (χ1v) is 9.42. The third-order valence-electron chi connectivity index (χ3n) is 5.64. The predicted molar refractivity (Wildman–Crippen MR) is 97.1 cm³/mol. The number of carbonyl (C=O) groups excluding carboxylic acids is 1. The molecule has 0 radical (unpaired) electrons. The van der Waals surface area contributed by atoms with Crippen molar-refractivity contribution >= 4 is 5.91 Å². The second-order valence-electron chi connectivity index (χ2n) is 7.79. The Morgan fingerprint density at radius 1 is 1.19 bits per heavy atom. The molecule has 1 unspecified atom stereocenters. The van der Waals surface area contributed by atoms with Crippen molar-refractivity contribution in [3.63, 3.8) is 0 Å². The van der Waals surface area contributed by atoms with E-state index in [0.29, 0.717) is 13.0 Å². The second-order valence-corrected chi connectivity index (χ2v) is 7.79. The van der Waals surface area contributed by atoms with E-state index in [2.05, 4.69) is 14.9 Å². The zero-order valence-electron chi connectivity index (χ0n) is 15.4. The fraction of sp³-hybridized carbons (Fsp3) is 0.550. The van der Waals surface area contributed by atoms with E-state index < -0.39 is 0 Å². The number of carbonyl (C=O) groups is 1. The lowest BCUT2D eigenvalue weighted by Crippen LogP contribution is -2.53. The van der Waals surface area contributed by atoms with Crippen LogP contribution in [0, 0.1) is 12.3 Å². The summed E-state index contributed by atoms with van der Waals surface area (Å²) in [5.41, 5.74) is 1.96. The van der Waals surface area contributed by atoms with Crippen LogP contribution in [0.3, 0.4) is 0 Å². The number of nitrogens with zero attached hydrogens (tertiary/aromatic N) is 4. The number of aromatic nitrogens is 2. The standard InChI is InChI=1S/C20H26N4O2/c1-16-10-22-17(11-21-16)12-24-15-20(7-5-19(24)25)6-3-8-23(14-20)13-18-4-2-9-26-18/h2,4,9-11H,3,5-8,12-15H2,1H3. The summed E-state index contributed by atoms with van der Waals surface area (Å²) in [6, 6.07) is 3.98. The fourth-order valence-electron chi connectivity index (χ4n) is 4.34. The van der Waals surface area contributed by atoms with Crippen LogP contribution in [0.5, 0.6) is 0 Å². The van der Waals surface area contributed by atoms with Crippen molar-refractivity contribution in [3.8, 4) is 0 Å². The highest BCUT2D eigenvalue weighted by molar-refractivity contribution is 5.77. The van der Waals surface area contributed by atoms with E-state index in [0.717, 1.165) is 49.7 Å². The molecular formula is C20H26N4O2. The first-order chi connectivity index (χ1) is 12.6. The van der Waals surface area contributed by atoms with E-state index in [1.807, 2.05) is 24.0 Å². The van der Waals surface area contributed by atoms with Gasteiger partial charge in [-0.2, -0.15) is 0 Å². The molecule has 6 nitrogen and oxygen atoms in total. The Morgan fingerprint density at radius 3 is 2.88 bits per heavy atom. The molecule has 0 aromatic carbocycles. The highest BCUT2D eigenvalue weighted by atomic mass is 16.3. The Labute approximate surface area is 154 Å². The minimum Gasteiger partial charge on any atom is -0.468 e. The molecule has 2 aromatic rings. The van der Waals surface area contributed by atoms with Crippen LogP contribution < -0.4 is 0 Å². The van der Waals surface area contributed by atoms with Gasteiger partial charge in [-0.15, -0.1) is 0 Å². The van der Waals surface area contributed by atoms with Gasteiger partial charge in [0, 0.05) is 31.1 Å². The SMILES string of the molecule is Cc1cnc(CN2CC3(CCCN(Cc4ccco4)C3)CCC2=O)cn1. The second kappa shape index (κ2) is 7.19. The lowest BCUT2D eigenvalue weighted by molar-refractivity contribution is -0.140. The zero-order chi connectivity index (χ0) is 18.0. The molecule has 26 heavy (non-hydrogen) atoms. The molecule has 2 aliphatic rings. The van der Waals surface area contributed by atoms with E-state index >= 15 is 0 Å². The zero-order valence-corrected chi connectivity index (χ0v) is 15.4. The van der Waals surface area contributed by atoms with Gasteiger partial charge in [-0.05, 0) is 44.9 Å². The number of aryl methyl sites for hydroxylation is 1. The molecule has 2 fully saturated rings. The maximum absolute atomic E-state index is 12.5. The highest BCUT2D eigenvalue weighted by Gasteiger charge is 2.41. The summed E-state index contributed by atoms with van der Waals surface area (Å²) in [5.74, 6) is 1.25. The van der Waals surface area contributed by atoms with Crippen molar-refractivity contribution < 1.29 is 9.21 Å². The van der Waals surface area contributed by atoms with Crippen molar-refractivity contribution in [1.29, 1.82) is 0 Å². The Morgan fingerprint density at radius 2 is 2.12 bits per heavy atom. The minimum atomic E-state index is 0.191. The lowest BCUT2D eigenvalue weighted by Gasteiger charge is -2.48. The lowest BCUT2D eigenvalue weighted by atomic mass is 9.73. The van der Waals surface area contributed by atoms with Gasteiger partial charge in [0.1, 0.15) is 5.76 Å². The van der Waals surface area contributed by atoms with Crippen molar-refractivity contribution in [3.05, 3.63) is 47.9 Å². The molecule has 0 aliphatic carbocycles. The van der Waals surface area contributed by atoms with Crippen molar-refractivity contribution in [2.45, 2.75) is 45.7 Å². The van der Waals surface area contributed by atoms with Crippen molar-refractivity contribution in [1.82, 2.24) is 19.8 Å². The first-order valence-electron chi connectivity index (χ1n) is 9.42. The van der Waals surface area contributed by atoms with E-state index in [1.54, 1.807) is 18.7 Å². The maximum atomic E-state index is 12.5. The Balaban J connectivity index is 1.44. The molecule has 0 bridgehead atoms. The number of hydrogen-bond donors (Lipinski definition) is 0. The van der Waals surface area contributed by atoms with Crippen LogP contribution in [0.15, 0.2) is 35.2 Å². The molecule has 1 atom stereocenters. The number of hydrogen-bond acceptors (Lipinski definition) is 5. The summed E-state index contributed by atoms with van der Waals surface area (Å²) in [7, 11) is 0. The van der Waals surface area contributed by atoms with Gasteiger partial charge in [0.2, 0.25) is 5.91 Å². The van der Waals surface area contributed by atoms with E-state index in [1.165, 1.54) is 12.8 Å².